The zero-order valence-corrected chi connectivity index (χ0v) is 11.6. The van der Waals surface area contributed by atoms with E-state index in [4.69, 9.17) is 5.11 Å². The number of anilines is 1. The average molecular weight is 311 g/mol. The molecule has 0 aliphatic rings. The van der Waals surface area contributed by atoms with Crippen LogP contribution in [0, 0.1) is 12.7 Å². The maximum absolute atomic E-state index is 13.6. The van der Waals surface area contributed by atoms with Gasteiger partial charge in [0, 0.05) is 12.4 Å². The molecule has 2 aromatic rings. The molecule has 0 spiro atoms. The van der Waals surface area contributed by atoms with Crippen molar-refractivity contribution in [3.05, 3.63) is 47.7 Å². The van der Waals surface area contributed by atoms with E-state index in [9.17, 15) is 17.6 Å². The number of nitrogens with zero attached hydrogens (tertiary/aromatic N) is 2. The summed E-state index contributed by atoms with van der Waals surface area (Å²) in [5, 5.41) is 8.89. The highest BCUT2D eigenvalue weighted by Gasteiger charge is 2.21. The van der Waals surface area contributed by atoms with Crippen LogP contribution < -0.4 is 4.72 Å². The smallest absolute Gasteiger partial charge is 0.338 e. The summed E-state index contributed by atoms with van der Waals surface area (Å²) in [5.74, 6) is -2.55. The van der Waals surface area contributed by atoms with Crippen LogP contribution in [-0.4, -0.2) is 29.5 Å². The summed E-state index contributed by atoms with van der Waals surface area (Å²) in [6, 6.07) is 1.80. The first-order valence-electron chi connectivity index (χ1n) is 5.63. The van der Waals surface area contributed by atoms with Crippen LogP contribution in [0.1, 0.15) is 15.9 Å². The highest BCUT2D eigenvalue weighted by molar-refractivity contribution is 7.92. The summed E-state index contributed by atoms with van der Waals surface area (Å²) in [4.78, 5) is 18.0. The number of hydrogen-bond donors (Lipinski definition) is 2. The molecule has 0 fully saturated rings. The van der Waals surface area contributed by atoms with Gasteiger partial charge in [0.1, 0.15) is 5.82 Å². The molecule has 0 radical (unpaired) electrons. The van der Waals surface area contributed by atoms with Crippen molar-refractivity contribution in [2.75, 3.05) is 4.72 Å². The van der Waals surface area contributed by atoms with Gasteiger partial charge in [0.05, 0.1) is 16.7 Å². The molecule has 0 saturated carbocycles. The van der Waals surface area contributed by atoms with E-state index in [-0.39, 0.29) is 16.3 Å². The molecule has 110 valence electrons. The SMILES string of the molecule is Cc1cc(S(=O)(=O)Nc2cnccn2)cc(C(=O)O)c1F. The first kappa shape index (κ1) is 14.9. The highest BCUT2D eigenvalue weighted by atomic mass is 32.2. The zero-order chi connectivity index (χ0) is 15.6. The lowest BCUT2D eigenvalue weighted by Gasteiger charge is -2.09. The van der Waals surface area contributed by atoms with E-state index in [1.807, 2.05) is 0 Å². The molecule has 9 heteroatoms. The van der Waals surface area contributed by atoms with Crippen molar-refractivity contribution in [1.82, 2.24) is 9.97 Å². The van der Waals surface area contributed by atoms with Crippen molar-refractivity contribution >= 4 is 21.8 Å². The number of nitrogens with one attached hydrogen (secondary N) is 1. The minimum Gasteiger partial charge on any atom is -0.478 e. The lowest BCUT2D eigenvalue weighted by molar-refractivity contribution is 0.0691. The van der Waals surface area contributed by atoms with Crippen molar-refractivity contribution in [2.45, 2.75) is 11.8 Å². The fraction of sp³-hybridized carbons (Fsp3) is 0.0833. The van der Waals surface area contributed by atoms with E-state index in [2.05, 4.69) is 14.7 Å². The summed E-state index contributed by atoms with van der Waals surface area (Å²) in [6.45, 7) is 1.28. The third-order valence-electron chi connectivity index (χ3n) is 2.57. The third kappa shape index (κ3) is 3.14. The summed E-state index contributed by atoms with van der Waals surface area (Å²) in [5.41, 5.74) is -0.802. The lowest BCUT2D eigenvalue weighted by Crippen LogP contribution is -2.16. The van der Waals surface area contributed by atoms with E-state index < -0.39 is 27.4 Å². The van der Waals surface area contributed by atoms with Crippen molar-refractivity contribution < 1.29 is 22.7 Å². The number of rotatable bonds is 4. The summed E-state index contributed by atoms with van der Waals surface area (Å²) < 4.78 is 40.1. The number of benzene rings is 1. The molecule has 0 bridgehead atoms. The van der Waals surface area contributed by atoms with Crippen LogP contribution in [0.5, 0.6) is 0 Å². The van der Waals surface area contributed by atoms with E-state index in [0.29, 0.717) is 0 Å². The van der Waals surface area contributed by atoms with Crippen LogP contribution in [0.4, 0.5) is 10.2 Å². The van der Waals surface area contributed by atoms with Gasteiger partial charge in [-0.1, -0.05) is 0 Å². The Labute approximate surface area is 119 Å². The van der Waals surface area contributed by atoms with Gasteiger partial charge in [-0.05, 0) is 24.6 Å². The Bertz CT molecular complexity index is 794. The minimum absolute atomic E-state index is 0.0312. The highest BCUT2D eigenvalue weighted by Crippen LogP contribution is 2.21. The van der Waals surface area contributed by atoms with Gasteiger partial charge < -0.3 is 5.11 Å². The Morgan fingerprint density at radius 3 is 2.62 bits per heavy atom. The zero-order valence-electron chi connectivity index (χ0n) is 10.7. The number of carbonyl (C=O) groups is 1. The molecule has 7 nitrogen and oxygen atoms in total. The molecule has 21 heavy (non-hydrogen) atoms. The molecule has 2 rings (SSSR count). The van der Waals surface area contributed by atoms with Gasteiger partial charge in [0.15, 0.2) is 5.82 Å². The van der Waals surface area contributed by atoms with Crippen LogP contribution in [-0.2, 0) is 10.0 Å². The second-order valence-electron chi connectivity index (χ2n) is 4.10. The molecule has 0 unspecified atom stereocenters. The van der Waals surface area contributed by atoms with E-state index in [0.717, 1.165) is 12.1 Å². The van der Waals surface area contributed by atoms with E-state index >= 15 is 0 Å². The Balaban J connectivity index is 2.48. The predicted octanol–water partition coefficient (Wildman–Crippen LogP) is 1.42. The van der Waals surface area contributed by atoms with Crippen LogP contribution in [0.25, 0.3) is 0 Å². The molecule has 1 aromatic heterocycles. The number of carboxylic acids is 1. The molecule has 0 saturated heterocycles. The van der Waals surface area contributed by atoms with Crippen molar-refractivity contribution in [2.24, 2.45) is 0 Å². The van der Waals surface area contributed by atoms with Gasteiger partial charge in [-0.15, -0.1) is 0 Å². The second kappa shape index (κ2) is 5.44. The third-order valence-corrected chi connectivity index (χ3v) is 3.91. The topological polar surface area (TPSA) is 109 Å². The molecule has 0 aliphatic heterocycles. The van der Waals surface area contributed by atoms with Gasteiger partial charge in [0.2, 0.25) is 0 Å². The Morgan fingerprint density at radius 2 is 2.05 bits per heavy atom. The molecule has 0 aliphatic carbocycles. The van der Waals surface area contributed by atoms with Gasteiger partial charge in [-0.2, -0.15) is 0 Å². The Morgan fingerprint density at radius 1 is 1.33 bits per heavy atom. The minimum atomic E-state index is -4.09. The quantitative estimate of drug-likeness (QED) is 0.884. The largest absolute Gasteiger partial charge is 0.478 e. The molecule has 0 amide bonds. The summed E-state index contributed by atoms with van der Waals surface area (Å²) in [6.07, 6.45) is 3.84. The normalized spacial score (nSPS) is 11.1. The summed E-state index contributed by atoms with van der Waals surface area (Å²) >= 11 is 0. The first-order valence-corrected chi connectivity index (χ1v) is 7.12. The predicted molar refractivity (Wildman–Crippen MR) is 70.9 cm³/mol. The molecule has 1 heterocycles. The van der Waals surface area contributed by atoms with Gasteiger partial charge in [-0.3, -0.25) is 9.71 Å². The molecule has 1 aromatic carbocycles. The fourth-order valence-corrected chi connectivity index (χ4v) is 2.70. The number of halogens is 1. The van der Waals surface area contributed by atoms with Gasteiger partial charge in [-0.25, -0.2) is 22.6 Å². The number of sulfonamides is 1. The standard InChI is InChI=1S/C12H10FN3O4S/c1-7-4-8(5-9(11(7)13)12(17)18)21(19,20)16-10-6-14-2-3-15-10/h2-6H,1H3,(H,15,16)(H,17,18). The monoisotopic (exact) mass is 311 g/mol. The average Bonchev–Trinajstić information content (AvgIpc) is 2.41. The fourth-order valence-electron chi connectivity index (χ4n) is 1.60. The van der Waals surface area contributed by atoms with E-state index in [1.165, 1.54) is 25.5 Å². The number of hydrogen-bond acceptors (Lipinski definition) is 5. The molecular formula is C12H10FN3O4S. The second-order valence-corrected chi connectivity index (χ2v) is 5.79. The Hall–Kier alpha value is -2.55. The molecular weight excluding hydrogens is 301 g/mol. The van der Waals surface area contributed by atoms with Crippen molar-refractivity contribution in [3.8, 4) is 0 Å². The molecule has 2 N–H and O–H groups in total. The number of aromatic nitrogens is 2. The van der Waals surface area contributed by atoms with E-state index in [1.54, 1.807) is 0 Å². The lowest BCUT2D eigenvalue weighted by atomic mass is 10.1. The van der Waals surface area contributed by atoms with Crippen LogP contribution in [0.2, 0.25) is 0 Å². The Kier molecular flexibility index (Phi) is 3.85. The van der Waals surface area contributed by atoms with Crippen LogP contribution >= 0.6 is 0 Å². The first-order chi connectivity index (χ1) is 9.81. The number of carboxylic acid groups (broad SMARTS) is 1. The molecule has 0 atom stereocenters. The maximum Gasteiger partial charge on any atom is 0.338 e. The van der Waals surface area contributed by atoms with Crippen LogP contribution in [0.15, 0.2) is 35.6 Å². The van der Waals surface area contributed by atoms with Crippen molar-refractivity contribution in [3.63, 3.8) is 0 Å². The summed E-state index contributed by atoms with van der Waals surface area (Å²) in [7, 11) is -4.09. The number of aryl methyl sites for hydroxylation is 1. The maximum atomic E-state index is 13.6. The van der Waals surface area contributed by atoms with Gasteiger partial charge >= 0.3 is 5.97 Å². The van der Waals surface area contributed by atoms with Crippen molar-refractivity contribution in [1.29, 1.82) is 0 Å². The van der Waals surface area contributed by atoms with Crippen LogP contribution in [0.3, 0.4) is 0 Å². The van der Waals surface area contributed by atoms with Gasteiger partial charge in [0.25, 0.3) is 10.0 Å². The number of aromatic carboxylic acids is 1.